The van der Waals surface area contributed by atoms with E-state index < -0.39 is 0 Å². The summed E-state index contributed by atoms with van der Waals surface area (Å²) in [5, 5.41) is 6.89. The van der Waals surface area contributed by atoms with Gasteiger partial charge in [0.1, 0.15) is 0 Å². The van der Waals surface area contributed by atoms with Gasteiger partial charge in [-0.25, -0.2) is 4.98 Å². The summed E-state index contributed by atoms with van der Waals surface area (Å²) in [5.74, 6) is 0.0129. The molecule has 1 N–H and O–H groups in total. The number of carbonyl (C=O) groups is 1. The number of hydrogen-bond donors (Lipinski definition) is 1. The van der Waals surface area contributed by atoms with Crippen molar-refractivity contribution in [2.45, 2.75) is 33.4 Å². The Balaban J connectivity index is 1.51. The zero-order valence-electron chi connectivity index (χ0n) is 15.5. The first kappa shape index (κ1) is 19.3. The molecular formula is C19H25ClN4OS. The summed E-state index contributed by atoms with van der Waals surface area (Å²) in [6, 6.07) is 5.38. The van der Waals surface area contributed by atoms with Crippen LogP contribution in [-0.4, -0.2) is 52.9 Å². The molecule has 1 fully saturated rings. The van der Waals surface area contributed by atoms with Crippen LogP contribution < -0.4 is 5.32 Å². The molecule has 26 heavy (non-hydrogen) atoms. The van der Waals surface area contributed by atoms with Crippen LogP contribution in [0.15, 0.2) is 23.6 Å². The number of nitrogens with zero attached hydrogens (tertiary/aromatic N) is 3. The van der Waals surface area contributed by atoms with Gasteiger partial charge in [0.2, 0.25) is 5.91 Å². The molecule has 0 spiro atoms. The molecule has 2 heterocycles. The van der Waals surface area contributed by atoms with E-state index in [-0.39, 0.29) is 11.9 Å². The van der Waals surface area contributed by atoms with Gasteiger partial charge in [0.25, 0.3) is 0 Å². The maximum atomic E-state index is 12.6. The van der Waals surface area contributed by atoms with Gasteiger partial charge < -0.3 is 5.32 Å². The summed E-state index contributed by atoms with van der Waals surface area (Å²) in [4.78, 5) is 21.8. The second-order valence-corrected chi connectivity index (χ2v) is 8.29. The van der Waals surface area contributed by atoms with Crippen molar-refractivity contribution in [3.05, 3.63) is 44.9 Å². The molecule has 140 valence electrons. The molecule has 0 radical (unpaired) electrons. The molecular weight excluding hydrogens is 368 g/mol. The lowest BCUT2D eigenvalue weighted by atomic mass is 10.1. The topological polar surface area (TPSA) is 48.5 Å². The highest BCUT2D eigenvalue weighted by atomic mass is 35.5. The minimum Gasteiger partial charge on any atom is -0.324 e. The van der Waals surface area contributed by atoms with Crippen molar-refractivity contribution in [3.63, 3.8) is 0 Å². The number of thiazole rings is 1. The van der Waals surface area contributed by atoms with E-state index in [0.29, 0.717) is 5.02 Å². The molecule has 0 unspecified atom stereocenters. The lowest BCUT2D eigenvalue weighted by Crippen LogP contribution is -2.52. The van der Waals surface area contributed by atoms with Crippen LogP contribution >= 0.6 is 22.9 Å². The van der Waals surface area contributed by atoms with Gasteiger partial charge in [-0.2, -0.15) is 0 Å². The number of hydrogen-bond acceptors (Lipinski definition) is 5. The zero-order valence-corrected chi connectivity index (χ0v) is 17.0. The Morgan fingerprint density at radius 3 is 2.69 bits per heavy atom. The van der Waals surface area contributed by atoms with Gasteiger partial charge in [-0.15, -0.1) is 11.3 Å². The lowest BCUT2D eigenvalue weighted by Gasteiger charge is -2.37. The van der Waals surface area contributed by atoms with Gasteiger partial charge >= 0.3 is 0 Å². The third kappa shape index (κ3) is 4.82. The molecule has 1 saturated heterocycles. The number of halogens is 1. The molecule has 1 aliphatic rings. The Labute approximate surface area is 164 Å². The van der Waals surface area contributed by atoms with Crippen molar-refractivity contribution >= 4 is 34.5 Å². The molecule has 3 rings (SSSR count). The molecule has 1 aliphatic heterocycles. The van der Waals surface area contributed by atoms with E-state index in [4.69, 9.17) is 11.6 Å². The van der Waals surface area contributed by atoms with E-state index in [9.17, 15) is 4.79 Å². The number of rotatable bonds is 5. The van der Waals surface area contributed by atoms with Crippen molar-refractivity contribution in [1.29, 1.82) is 0 Å². The molecule has 0 bridgehead atoms. The van der Waals surface area contributed by atoms with Gasteiger partial charge in [0.15, 0.2) is 0 Å². The van der Waals surface area contributed by atoms with Crippen LogP contribution in [0.2, 0.25) is 5.02 Å². The van der Waals surface area contributed by atoms with Crippen LogP contribution in [0, 0.1) is 13.8 Å². The Kier molecular flexibility index (Phi) is 6.29. The molecule has 1 aromatic heterocycles. The van der Waals surface area contributed by atoms with Crippen molar-refractivity contribution in [2.75, 3.05) is 31.5 Å². The Morgan fingerprint density at radius 1 is 1.31 bits per heavy atom. The van der Waals surface area contributed by atoms with Crippen molar-refractivity contribution in [2.24, 2.45) is 0 Å². The minimum absolute atomic E-state index is 0.0129. The molecule has 2 aromatic rings. The Bertz CT molecular complexity index is 771. The molecule has 5 nitrogen and oxygen atoms in total. The molecule has 1 atom stereocenters. The maximum Gasteiger partial charge on any atom is 0.241 e. The number of carbonyl (C=O) groups excluding carboxylic acids is 1. The quantitative estimate of drug-likeness (QED) is 0.845. The highest BCUT2D eigenvalue weighted by Crippen LogP contribution is 2.21. The normalized spacial score (nSPS) is 17.2. The fraction of sp³-hybridized carbons (Fsp3) is 0.474. The average molecular weight is 393 g/mol. The van der Waals surface area contributed by atoms with E-state index in [2.05, 4.69) is 25.5 Å². The molecule has 0 saturated carbocycles. The molecule has 0 aliphatic carbocycles. The average Bonchev–Trinajstić information content (AvgIpc) is 3.03. The van der Waals surface area contributed by atoms with Crippen LogP contribution in [-0.2, 0) is 11.3 Å². The van der Waals surface area contributed by atoms with Gasteiger partial charge in [-0.1, -0.05) is 17.7 Å². The Hall–Kier alpha value is -1.47. The monoisotopic (exact) mass is 392 g/mol. The van der Waals surface area contributed by atoms with Crippen molar-refractivity contribution < 1.29 is 4.79 Å². The third-order valence-electron chi connectivity index (χ3n) is 4.84. The lowest BCUT2D eigenvalue weighted by molar-refractivity contribution is -0.121. The second-order valence-electron chi connectivity index (χ2n) is 6.79. The predicted octanol–water partition coefficient (Wildman–Crippen LogP) is 3.56. The molecule has 1 amide bonds. The smallest absolute Gasteiger partial charge is 0.241 e. The van der Waals surface area contributed by atoms with E-state index in [1.165, 1.54) is 0 Å². The van der Waals surface area contributed by atoms with Crippen LogP contribution in [0.5, 0.6) is 0 Å². The predicted molar refractivity (Wildman–Crippen MR) is 108 cm³/mol. The fourth-order valence-electron chi connectivity index (χ4n) is 3.15. The molecule has 7 heteroatoms. The number of aryl methyl sites for hydroxylation is 2. The summed E-state index contributed by atoms with van der Waals surface area (Å²) >= 11 is 7.74. The number of nitrogens with one attached hydrogen (secondary N) is 1. The maximum absolute atomic E-state index is 12.6. The fourth-order valence-corrected chi connectivity index (χ4v) is 3.93. The first-order valence-corrected chi connectivity index (χ1v) is 10.1. The van der Waals surface area contributed by atoms with Gasteiger partial charge in [-0.3, -0.25) is 14.6 Å². The van der Waals surface area contributed by atoms with Crippen molar-refractivity contribution in [1.82, 2.24) is 14.8 Å². The van der Waals surface area contributed by atoms with Crippen molar-refractivity contribution in [3.8, 4) is 0 Å². The zero-order chi connectivity index (χ0) is 18.7. The number of benzene rings is 1. The summed E-state index contributed by atoms with van der Waals surface area (Å²) in [7, 11) is 0. The summed E-state index contributed by atoms with van der Waals surface area (Å²) in [6.07, 6.45) is 0. The highest BCUT2D eigenvalue weighted by Gasteiger charge is 2.26. The van der Waals surface area contributed by atoms with Gasteiger partial charge in [-0.05, 0) is 38.5 Å². The second kappa shape index (κ2) is 8.48. The van der Waals surface area contributed by atoms with Crippen LogP contribution in [0.3, 0.4) is 0 Å². The van der Waals surface area contributed by atoms with Crippen LogP contribution in [0.4, 0.5) is 5.69 Å². The molecule has 1 aromatic carbocycles. The number of aromatic nitrogens is 1. The third-order valence-corrected chi connectivity index (χ3v) is 5.90. The van der Waals surface area contributed by atoms with E-state index in [1.54, 1.807) is 17.4 Å². The number of anilines is 1. The van der Waals surface area contributed by atoms with E-state index in [1.807, 2.05) is 32.9 Å². The van der Waals surface area contributed by atoms with Crippen LogP contribution in [0.25, 0.3) is 0 Å². The minimum atomic E-state index is -0.169. The summed E-state index contributed by atoms with van der Waals surface area (Å²) in [6.45, 7) is 10.5. The highest BCUT2D eigenvalue weighted by molar-refractivity contribution is 7.09. The first-order chi connectivity index (χ1) is 12.4. The van der Waals surface area contributed by atoms with Gasteiger partial charge in [0.05, 0.1) is 16.7 Å². The Morgan fingerprint density at radius 2 is 2.04 bits per heavy atom. The number of amides is 1. The first-order valence-electron chi connectivity index (χ1n) is 8.87. The largest absolute Gasteiger partial charge is 0.324 e. The standard InChI is InChI=1S/C19H25ClN4OS/c1-13-4-5-16(20)10-18(13)22-19(25)14(2)24-8-6-23(7-9-24)11-17-12-26-15(3)21-17/h4-5,10,12,14H,6-9,11H2,1-3H3,(H,22,25)/t14-/m1/s1. The van der Waals surface area contributed by atoms with Crippen LogP contribution in [0.1, 0.15) is 23.2 Å². The summed E-state index contributed by atoms with van der Waals surface area (Å²) in [5.41, 5.74) is 2.94. The van der Waals surface area contributed by atoms with E-state index >= 15 is 0 Å². The summed E-state index contributed by atoms with van der Waals surface area (Å²) < 4.78 is 0. The van der Waals surface area contributed by atoms with E-state index in [0.717, 1.165) is 54.7 Å². The van der Waals surface area contributed by atoms with Gasteiger partial charge in [0, 0.05) is 48.8 Å². The SMILES string of the molecule is Cc1nc(CN2CCN([C@H](C)C(=O)Nc3cc(Cl)ccc3C)CC2)cs1. The number of piperazine rings is 1.